The summed E-state index contributed by atoms with van der Waals surface area (Å²) >= 11 is 0. The van der Waals surface area contributed by atoms with E-state index in [-0.39, 0.29) is 0 Å². The fourth-order valence-electron chi connectivity index (χ4n) is 8.44. The van der Waals surface area contributed by atoms with Gasteiger partial charge in [-0.25, -0.2) is 14.6 Å². The van der Waals surface area contributed by atoms with Crippen LogP contribution >= 0.6 is 0 Å². The standard InChI is InChI=1S/C34H41N7O/c35-33-31-32(24-6-8-30(9-7-24)42-29-4-2-1-3-5-29)39-41(34(31)38-21-37-33)27-10-12-40(13-11-27)28-17-25-15-22(16-26(25)18-28)14-23-19-36-20-23/h1-9,21-23,25-28,36H,10-20H2,(H2,35,37,38)/t22?,25-,26+,28?. The van der Waals surface area contributed by atoms with Gasteiger partial charge in [-0.2, -0.15) is 5.10 Å². The van der Waals surface area contributed by atoms with E-state index in [1.807, 2.05) is 54.6 Å². The fraction of sp³-hybridized carbons (Fsp3) is 0.500. The Kier molecular flexibility index (Phi) is 6.83. The molecule has 2 aliphatic heterocycles. The van der Waals surface area contributed by atoms with Crippen LogP contribution in [0.4, 0.5) is 5.82 Å². The van der Waals surface area contributed by atoms with Crippen molar-refractivity contribution in [3.63, 3.8) is 0 Å². The average molecular weight is 564 g/mol. The molecule has 4 aliphatic rings. The number of anilines is 1. The van der Waals surface area contributed by atoms with Crippen LogP contribution in [0.5, 0.6) is 11.5 Å². The van der Waals surface area contributed by atoms with Gasteiger partial charge in [0.25, 0.3) is 0 Å². The summed E-state index contributed by atoms with van der Waals surface area (Å²) in [5.41, 5.74) is 9.09. The first kappa shape index (κ1) is 26.2. The van der Waals surface area contributed by atoms with Gasteiger partial charge < -0.3 is 20.7 Å². The van der Waals surface area contributed by atoms with Gasteiger partial charge in [-0.05, 0) is 118 Å². The van der Waals surface area contributed by atoms with Crippen LogP contribution in [0.25, 0.3) is 22.3 Å². The van der Waals surface area contributed by atoms with Gasteiger partial charge in [0.05, 0.1) is 11.4 Å². The molecular weight excluding hydrogens is 522 g/mol. The van der Waals surface area contributed by atoms with Crippen LogP contribution < -0.4 is 15.8 Å². The molecule has 4 aromatic rings. The zero-order valence-electron chi connectivity index (χ0n) is 24.2. The average Bonchev–Trinajstić information content (AvgIpc) is 3.69. The van der Waals surface area contributed by atoms with Crippen molar-refractivity contribution in [2.45, 2.75) is 57.0 Å². The second kappa shape index (κ2) is 11.0. The van der Waals surface area contributed by atoms with Crippen molar-refractivity contribution in [1.82, 2.24) is 30.0 Å². The topological polar surface area (TPSA) is 94.1 Å². The molecule has 0 bridgehead atoms. The van der Waals surface area contributed by atoms with Gasteiger partial charge in [0.15, 0.2) is 5.65 Å². The quantitative estimate of drug-likeness (QED) is 0.288. The van der Waals surface area contributed by atoms with Crippen LogP contribution in [-0.4, -0.2) is 56.9 Å². The number of rotatable bonds is 7. The predicted octanol–water partition coefficient (Wildman–Crippen LogP) is 5.92. The number of aromatic nitrogens is 4. The Balaban J connectivity index is 0.948. The predicted molar refractivity (Wildman–Crippen MR) is 165 cm³/mol. The summed E-state index contributed by atoms with van der Waals surface area (Å²) in [6, 6.07) is 19.0. The van der Waals surface area contributed by atoms with E-state index in [4.69, 9.17) is 15.6 Å². The van der Waals surface area contributed by atoms with Gasteiger partial charge in [0.2, 0.25) is 0 Å². The van der Waals surface area contributed by atoms with Gasteiger partial charge in [-0.1, -0.05) is 18.2 Å². The zero-order valence-corrected chi connectivity index (χ0v) is 24.2. The Morgan fingerprint density at radius 2 is 1.52 bits per heavy atom. The van der Waals surface area contributed by atoms with E-state index in [0.717, 1.165) is 89.4 Å². The summed E-state index contributed by atoms with van der Waals surface area (Å²) in [6.45, 7) is 4.78. The lowest BCUT2D eigenvalue weighted by atomic mass is 9.87. The number of likely N-dealkylation sites (tertiary alicyclic amines) is 1. The number of hydrogen-bond acceptors (Lipinski definition) is 7. The maximum atomic E-state index is 6.43. The van der Waals surface area contributed by atoms with Crippen LogP contribution in [-0.2, 0) is 0 Å². The van der Waals surface area contributed by atoms with Crippen LogP contribution in [0.2, 0.25) is 0 Å². The molecule has 4 atom stereocenters. The van der Waals surface area contributed by atoms with E-state index in [1.165, 1.54) is 45.2 Å². The van der Waals surface area contributed by atoms with Crippen molar-refractivity contribution in [3.8, 4) is 22.8 Å². The number of nitrogen functional groups attached to an aromatic ring is 1. The highest BCUT2D eigenvalue weighted by Crippen LogP contribution is 2.50. The normalized spacial score (nSPS) is 26.9. The van der Waals surface area contributed by atoms with Gasteiger partial charge in [-0.15, -0.1) is 0 Å². The molecule has 3 N–H and O–H groups in total. The Labute approximate surface area is 247 Å². The molecule has 4 heterocycles. The number of hydrogen-bond donors (Lipinski definition) is 2. The minimum Gasteiger partial charge on any atom is -0.457 e. The molecule has 0 amide bonds. The van der Waals surface area contributed by atoms with Crippen molar-refractivity contribution in [1.29, 1.82) is 0 Å². The number of piperidine rings is 1. The maximum Gasteiger partial charge on any atom is 0.164 e. The van der Waals surface area contributed by atoms with Gasteiger partial charge >= 0.3 is 0 Å². The Bertz CT molecular complexity index is 1510. The summed E-state index contributed by atoms with van der Waals surface area (Å²) in [6.07, 6.45) is 11.0. The molecule has 2 aromatic carbocycles. The number of nitrogens with one attached hydrogen (secondary N) is 1. The third-order valence-corrected chi connectivity index (χ3v) is 10.6. The number of nitrogens with zero attached hydrogens (tertiary/aromatic N) is 5. The largest absolute Gasteiger partial charge is 0.457 e. The SMILES string of the molecule is Nc1ncnc2c1c(-c1ccc(Oc3ccccc3)cc1)nn2C1CCN(C2C[C@H]3CC(CC4CNC4)C[C@H]3C2)CC1. The van der Waals surface area contributed by atoms with Gasteiger partial charge in [-0.3, -0.25) is 0 Å². The second-order valence-electron chi connectivity index (χ2n) is 13.2. The Hall–Kier alpha value is -3.49. The fourth-order valence-corrected chi connectivity index (χ4v) is 8.44. The lowest BCUT2D eigenvalue weighted by Gasteiger charge is -2.36. The lowest BCUT2D eigenvalue weighted by molar-refractivity contribution is 0.126. The van der Waals surface area contributed by atoms with E-state index < -0.39 is 0 Å². The summed E-state index contributed by atoms with van der Waals surface area (Å²) in [4.78, 5) is 11.8. The van der Waals surface area contributed by atoms with E-state index >= 15 is 0 Å². The van der Waals surface area contributed by atoms with Crippen molar-refractivity contribution in [3.05, 3.63) is 60.9 Å². The van der Waals surface area contributed by atoms with Crippen LogP contribution in [0.1, 0.15) is 51.0 Å². The summed E-state index contributed by atoms with van der Waals surface area (Å²) < 4.78 is 8.14. The van der Waals surface area contributed by atoms with Gasteiger partial charge in [0, 0.05) is 24.7 Å². The molecule has 8 rings (SSSR count). The molecule has 2 aliphatic carbocycles. The molecule has 2 aromatic heterocycles. The number of benzene rings is 2. The first-order valence-corrected chi connectivity index (χ1v) is 15.9. The minimum absolute atomic E-state index is 0.314. The second-order valence-corrected chi connectivity index (χ2v) is 13.2. The molecule has 0 spiro atoms. The molecule has 2 unspecified atom stereocenters. The lowest BCUT2D eigenvalue weighted by Crippen LogP contribution is -2.43. The minimum atomic E-state index is 0.314. The first-order valence-electron chi connectivity index (χ1n) is 15.9. The molecule has 0 radical (unpaired) electrons. The van der Waals surface area contributed by atoms with E-state index in [0.29, 0.717) is 11.9 Å². The van der Waals surface area contributed by atoms with E-state index in [9.17, 15) is 0 Å². The highest BCUT2D eigenvalue weighted by atomic mass is 16.5. The maximum absolute atomic E-state index is 6.43. The molecule has 8 heteroatoms. The smallest absolute Gasteiger partial charge is 0.164 e. The molecule has 4 fully saturated rings. The first-order chi connectivity index (χ1) is 20.7. The summed E-state index contributed by atoms with van der Waals surface area (Å²) in [5, 5.41) is 9.43. The number of fused-ring (bicyclic) bond motifs is 2. The Morgan fingerprint density at radius 1 is 0.810 bits per heavy atom. The molecule has 2 saturated carbocycles. The highest BCUT2D eigenvalue weighted by molar-refractivity contribution is 5.98. The highest BCUT2D eigenvalue weighted by Gasteiger charge is 2.44. The van der Waals surface area contributed by atoms with Crippen LogP contribution in [0.15, 0.2) is 60.9 Å². The van der Waals surface area contributed by atoms with Gasteiger partial charge in [0.1, 0.15) is 29.3 Å². The number of para-hydroxylation sites is 1. The summed E-state index contributed by atoms with van der Waals surface area (Å²) in [7, 11) is 0. The van der Waals surface area contributed by atoms with Crippen molar-refractivity contribution in [2.75, 3.05) is 31.9 Å². The van der Waals surface area contributed by atoms with Crippen molar-refractivity contribution >= 4 is 16.9 Å². The third kappa shape index (κ3) is 4.94. The van der Waals surface area contributed by atoms with Crippen LogP contribution in [0.3, 0.4) is 0 Å². The van der Waals surface area contributed by atoms with Crippen LogP contribution in [0, 0.1) is 23.7 Å². The molecule has 2 saturated heterocycles. The number of ether oxygens (including phenoxy) is 1. The number of nitrogens with two attached hydrogens (primary N) is 1. The molecular formula is C34H41N7O. The Morgan fingerprint density at radius 3 is 2.21 bits per heavy atom. The zero-order chi connectivity index (χ0) is 28.0. The van der Waals surface area contributed by atoms with Crippen molar-refractivity contribution in [2.24, 2.45) is 23.7 Å². The monoisotopic (exact) mass is 563 g/mol. The van der Waals surface area contributed by atoms with E-state index in [1.54, 1.807) is 6.33 Å². The molecule has 218 valence electrons. The van der Waals surface area contributed by atoms with Crippen molar-refractivity contribution < 1.29 is 4.74 Å². The molecule has 8 nitrogen and oxygen atoms in total. The summed E-state index contributed by atoms with van der Waals surface area (Å²) in [5.74, 6) is 5.95. The molecule has 42 heavy (non-hydrogen) atoms. The van der Waals surface area contributed by atoms with E-state index in [2.05, 4.69) is 24.9 Å². The third-order valence-electron chi connectivity index (χ3n) is 10.6.